The zero-order valence-electron chi connectivity index (χ0n) is 13.6. The molecular weight excluding hydrogens is 302 g/mol. The molecule has 0 radical (unpaired) electrons. The van der Waals surface area contributed by atoms with Crippen molar-refractivity contribution in [2.24, 2.45) is 0 Å². The Hall–Kier alpha value is -2.48. The van der Waals surface area contributed by atoms with Gasteiger partial charge in [0.25, 0.3) is 0 Å². The van der Waals surface area contributed by atoms with Gasteiger partial charge in [0.05, 0.1) is 0 Å². The van der Waals surface area contributed by atoms with Crippen molar-refractivity contribution in [1.82, 2.24) is 0 Å². The molecule has 24 heavy (non-hydrogen) atoms. The number of fused-ring (bicyclic) bond motifs is 3. The second-order valence-electron chi connectivity index (χ2n) is 6.31. The summed E-state index contributed by atoms with van der Waals surface area (Å²) >= 11 is 0. The number of hydrogen-bond donors (Lipinski definition) is 0. The quantitative estimate of drug-likeness (QED) is 0.546. The average molecular weight is 320 g/mol. The van der Waals surface area contributed by atoms with E-state index in [1.165, 1.54) is 23.3 Å². The van der Waals surface area contributed by atoms with Crippen LogP contribution in [0.25, 0.3) is 22.3 Å². The minimum atomic E-state index is -0.308. The molecule has 3 aromatic carbocycles. The Bertz CT molecular complexity index is 908. The van der Waals surface area contributed by atoms with Crippen LogP contribution in [-0.2, 0) is 19.3 Å². The Balaban J connectivity index is 1.84. The van der Waals surface area contributed by atoms with Crippen molar-refractivity contribution in [3.63, 3.8) is 0 Å². The second-order valence-corrected chi connectivity index (χ2v) is 6.31. The summed E-state index contributed by atoms with van der Waals surface area (Å²) < 4.78 is 28.2. The van der Waals surface area contributed by atoms with Gasteiger partial charge in [0.2, 0.25) is 0 Å². The molecular formula is C22H18F2. The molecule has 0 atom stereocenters. The normalized spacial score (nSPS) is 12.6. The van der Waals surface area contributed by atoms with Gasteiger partial charge in [-0.3, -0.25) is 0 Å². The molecule has 0 amide bonds. The fraction of sp³-hybridized carbons (Fsp3) is 0.182. The van der Waals surface area contributed by atoms with Gasteiger partial charge in [-0.2, -0.15) is 0 Å². The lowest BCUT2D eigenvalue weighted by Gasteiger charge is -2.22. The topological polar surface area (TPSA) is 0 Å². The first kappa shape index (κ1) is 15.1. The molecule has 0 saturated carbocycles. The summed E-state index contributed by atoms with van der Waals surface area (Å²) in [5.74, 6) is -0.484. The highest BCUT2D eigenvalue weighted by Gasteiger charge is 2.21. The summed E-state index contributed by atoms with van der Waals surface area (Å²) in [5, 5.41) is 0. The van der Waals surface area contributed by atoms with Crippen LogP contribution >= 0.6 is 0 Å². The lowest BCUT2D eigenvalue weighted by molar-refractivity contribution is 0.610. The summed E-state index contributed by atoms with van der Waals surface area (Å²) in [6.07, 6.45) is 2.58. The first-order chi connectivity index (χ1) is 11.7. The Labute approximate surface area is 140 Å². The molecule has 0 aromatic heterocycles. The van der Waals surface area contributed by atoms with E-state index in [0.717, 1.165) is 29.5 Å². The standard InChI is InChI=1S/C22H18F2/c1-2-14-3-9-18-16(13-14)6-10-21-20(18)12-11-19(22(21)24)15-4-7-17(23)8-5-15/h3-5,7-9,11-13H,2,6,10H2,1H3. The van der Waals surface area contributed by atoms with Gasteiger partial charge in [-0.05, 0) is 64.8 Å². The number of hydrogen-bond acceptors (Lipinski definition) is 0. The van der Waals surface area contributed by atoms with Gasteiger partial charge in [0, 0.05) is 5.56 Å². The summed E-state index contributed by atoms with van der Waals surface area (Å²) in [6, 6.07) is 16.3. The number of aryl methyl sites for hydroxylation is 2. The fourth-order valence-corrected chi connectivity index (χ4v) is 3.57. The van der Waals surface area contributed by atoms with E-state index in [1.54, 1.807) is 12.1 Å². The minimum absolute atomic E-state index is 0.177. The Morgan fingerprint density at radius 1 is 0.792 bits per heavy atom. The van der Waals surface area contributed by atoms with Crippen LogP contribution in [-0.4, -0.2) is 0 Å². The molecule has 0 saturated heterocycles. The lowest BCUT2D eigenvalue weighted by Crippen LogP contribution is -2.07. The highest BCUT2D eigenvalue weighted by Crippen LogP contribution is 2.38. The van der Waals surface area contributed by atoms with Crippen LogP contribution in [0.1, 0.15) is 23.6 Å². The van der Waals surface area contributed by atoms with Crippen molar-refractivity contribution in [2.45, 2.75) is 26.2 Å². The molecule has 4 rings (SSSR count). The number of rotatable bonds is 2. The van der Waals surface area contributed by atoms with Crippen LogP contribution in [0, 0.1) is 11.6 Å². The Kier molecular flexibility index (Phi) is 3.68. The maximum absolute atomic E-state index is 15.1. The van der Waals surface area contributed by atoms with E-state index < -0.39 is 0 Å². The van der Waals surface area contributed by atoms with E-state index in [9.17, 15) is 4.39 Å². The van der Waals surface area contributed by atoms with Crippen LogP contribution in [0.15, 0.2) is 54.6 Å². The maximum atomic E-state index is 15.1. The summed E-state index contributed by atoms with van der Waals surface area (Å²) in [4.78, 5) is 0. The van der Waals surface area contributed by atoms with Gasteiger partial charge in [-0.1, -0.05) is 49.4 Å². The molecule has 0 fully saturated rings. The molecule has 0 nitrogen and oxygen atoms in total. The van der Waals surface area contributed by atoms with Crippen molar-refractivity contribution < 1.29 is 8.78 Å². The number of halogens is 2. The fourth-order valence-electron chi connectivity index (χ4n) is 3.57. The second kappa shape index (κ2) is 5.86. The summed E-state index contributed by atoms with van der Waals surface area (Å²) in [5.41, 5.74) is 6.77. The lowest BCUT2D eigenvalue weighted by atomic mass is 9.83. The van der Waals surface area contributed by atoms with Gasteiger partial charge >= 0.3 is 0 Å². The van der Waals surface area contributed by atoms with E-state index in [0.29, 0.717) is 17.5 Å². The molecule has 2 heteroatoms. The number of benzene rings is 3. The zero-order valence-corrected chi connectivity index (χ0v) is 13.6. The molecule has 0 bridgehead atoms. The van der Waals surface area contributed by atoms with Crippen LogP contribution in [0.3, 0.4) is 0 Å². The zero-order chi connectivity index (χ0) is 16.7. The minimum Gasteiger partial charge on any atom is -0.207 e. The predicted octanol–water partition coefficient (Wildman–Crippen LogP) is 5.96. The molecule has 0 spiro atoms. The highest BCUT2D eigenvalue weighted by atomic mass is 19.1. The van der Waals surface area contributed by atoms with Crippen LogP contribution in [0.5, 0.6) is 0 Å². The summed E-state index contributed by atoms with van der Waals surface area (Å²) in [7, 11) is 0. The first-order valence-electron chi connectivity index (χ1n) is 8.37. The highest BCUT2D eigenvalue weighted by molar-refractivity contribution is 5.78. The SMILES string of the molecule is CCc1ccc2c(c1)CCc1c-2ccc(-c2ccc(F)cc2)c1F. The van der Waals surface area contributed by atoms with Gasteiger partial charge in [-0.15, -0.1) is 0 Å². The van der Waals surface area contributed by atoms with Gasteiger partial charge in [0.15, 0.2) is 0 Å². The van der Waals surface area contributed by atoms with E-state index >= 15 is 4.39 Å². The third-order valence-corrected chi connectivity index (χ3v) is 4.91. The maximum Gasteiger partial charge on any atom is 0.134 e. The van der Waals surface area contributed by atoms with Crippen LogP contribution < -0.4 is 0 Å². The third-order valence-electron chi connectivity index (χ3n) is 4.91. The van der Waals surface area contributed by atoms with Crippen molar-refractivity contribution >= 4 is 0 Å². The molecule has 1 aliphatic rings. The first-order valence-corrected chi connectivity index (χ1v) is 8.37. The van der Waals surface area contributed by atoms with Gasteiger partial charge in [-0.25, -0.2) is 8.78 Å². The summed E-state index contributed by atoms with van der Waals surface area (Å²) in [6.45, 7) is 2.15. The van der Waals surface area contributed by atoms with Crippen molar-refractivity contribution in [3.05, 3.63) is 82.9 Å². The largest absolute Gasteiger partial charge is 0.207 e. The Morgan fingerprint density at radius 2 is 1.50 bits per heavy atom. The van der Waals surface area contributed by atoms with E-state index in [1.807, 2.05) is 12.1 Å². The molecule has 1 aliphatic carbocycles. The Morgan fingerprint density at radius 3 is 2.25 bits per heavy atom. The van der Waals surface area contributed by atoms with E-state index in [2.05, 4.69) is 25.1 Å². The van der Waals surface area contributed by atoms with E-state index in [4.69, 9.17) is 0 Å². The van der Waals surface area contributed by atoms with E-state index in [-0.39, 0.29) is 11.6 Å². The van der Waals surface area contributed by atoms with Crippen molar-refractivity contribution in [1.29, 1.82) is 0 Å². The third kappa shape index (κ3) is 2.43. The molecule has 3 aromatic rings. The molecule has 0 unspecified atom stereocenters. The van der Waals surface area contributed by atoms with Crippen LogP contribution in [0.4, 0.5) is 8.78 Å². The smallest absolute Gasteiger partial charge is 0.134 e. The average Bonchev–Trinajstić information content (AvgIpc) is 2.62. The monoisotopic (exact) mass is 320 g/mol. The van der Waals surface area contributed by atoms with Crippen molar-refractivity contribution in [3.8, 4) is 22.3 Å². The molecule has 0 heterocycles. The molecule has 0 aliphatic heterocycles. The van der Waals surface area contributed by atoms with Gasteiger partial charge < -0.3 is 0 Å². The van der Waals surface area contributed by atoms with Gasteiger partial charge in [0.1, 0.15) is 11.6 Å². The van der Waals surface area contributed by atoms with Crippen molar-refractivity contribution in [2.75, 3.05) is 0 Å². The van der Waals surface area contributed by atoms with Crippen LogP contribution in [0.2, 0.25) is 0 Å². The molecule has 0 N–H and O–H groups in total. The molecule has 120 valence electrons. The predicted molar refractivity (Wildman–Crippen MR) is 94.0 cm³/mol.